The zero-order valence-electron chi connectivity index (χ0n) is 11.5. The molecule has 108 valence electrons. The van der Waals surface area contributed by atoms with E-state index < -0.39 is 5.97 Å². The van der Waals surface area contributed by atoms with Gasteiger partial charge in [0.1, 0.15) is 0 Å². The van der Waals surface area contributed by atoms with Crippen LogP contribution < -0.4 is 10.5 Å². The number of aromatic nitrogens is 1. The van der Waals surface area contributed by atoms with Gasteiger partial charge in [-0.15, -0.1) is 0 Å². The molecule has 5 nitrogen and oxygen atoms in total. The van der Waals surface area contributed by atoms with Crippen molar-refractivity contribution in [2.24, 2.45) is 0 Å². The van der Waals surface area contributed by atoms with Crippen LogP contribution in [0.1, 0.15) is 23.2 Å². The third-order valence-electron chi connectivity index (χ3n) is 3.76. The fourth-order valence-electron chi connectivity index (χ4n) is 2.61. The van der Waals surface area contributed by atoms with Gasteiger partial charge in [0.15, 0.2) is 0 Å². The van der Waals surface area contributed by atoms with Crippen LogP contribution in [0.4, 0.5) is 5.69 Å². The van der Waals surface area contributed by atoms with Crippen molar-refractivity contribution in [2.75, 3.05) is 18.0 Å². The Hall–Kier alpha value is -2.56. The number of carboxylic acid groups (broad SMARTS) is 1. The molecule has 1 aromatic heterocycles. The molecule has 2 aromatic rings. The largest absolute Gasteiger partial charge is 0.478 e. The molecule has 1 saturated heterocycles. The summed E-state index contributed by atoms with van der Waals surface area (Å²) in [7, 11) is 0. The third-order valence-corrected chi connectivity index (χ3v) is 3.76. The minimum Gasteiger partial charge on any atom is -0.478 e. The molecule has 21 heavy (non-hydrogen) atoms. The molecule has 0 saturated carbocycles. The van der Waals surface area contributed by atoms with Gasteiger partial charge in [-0.2, -0.15) is 0 Å². The van der Waals surface area contributed by atoms with Crippen molar-refractivity contribution < 1.29 is 9.90 Å². The first kappa shape index (κ1) is 13.4. The molecule has 1 fully saturated rings. The number of hydrogen-bond acceptors (Lipinski definition) is 3. The molecule has 1 aromatic carbocycles. The second-order valence-corrected chi connectivity index (χ2v) is 5.14. The first-order valence-electron chi connectivity index (χ1n) is 6.96. The first-order chi connectivity index (χ1) is 10.1. The number of hydrogen-bond donors (Lipinski definition) is 1. The van der Waals surface area contributed by atoms with E-state index in [2.05, 4.69) is 4.90 Å². The van der Waals surface area contributed by atoms with Crippen molar-refractivity contribution in [3.05, 3.63) is 58.5 Å². The summed E-state index contributed by atoms with van der Waals surface area (Å²) in [6.45, 7) is 2.13. The highest BCUT2D eigenvalue weighted by molar-refractivity contribution is 5.87. The number of benzene rings is 1. The third kappa shape index (κ3) is 2.67. The van der Waals surface area contributed by atoms with E-state index >= 15 is 0 Å². The highest BCUT2D eigenvalue weighted by atomic mass is 16.4. The number of carbonyl (C=O) groups is 1. The predicted molar refractivity (Wildman–Crippen MR) is 80.4 cm³/mol. The molecule has 5 heteroatoms. The van der Waals surface area contributed by atoms with Gasteiger partial charge in [0.2, 0.25) is 0 Å². The average Bonchev–Trinajstić information content (AvgIpc) is 3.02. The van der Waals surface area contributed by atoms with E-state index in [1.54, 1.807) is 0 Å². The molecule has 0 unspecified atom stereocenters. The van der Waals surface area contributed by atoms with Gasteiger partial charge in [-0.3, -0.25) is 9.36 Å². The van der Waals surface area contributed by atoms with Crippen LogP contribution in [0.25, 0.3) is 5.69 Å². The van der Waals surface area contributed by atoms with Crippen LogP contribution in [0.3, 0.4) is 0 Å². The van der Waals surface area contributed by atoms with Crippen LogP contribution >= 0.6 is 0 Å². The molecule has 0 bridgehead atoms. The smallest absolute Gasteiger partial charge is 0.337 e. The van der Waals surface area contributed by atoms with Crippen molar-refractivity contribution in [1.82, 2.24) is 4.57 Å². The maximum atomic E-state index is 11.9. The highest BCUT2D eigenvalue weighted by Gasteiger charge is 2.12. The lowest BCUT2D eigenvalue weighted by atomic mass is 10.2. The number of pyridine rings is 1. The fraction of sp³-hybridized carbons (Fsp3) is 0.250. The zero-order valence-corrected chi connectivity index (χ0v) is 11.5. The normalized spacial score (nSPS) is 14.4. The second-order valence-electron chi connectivity index (χ2n) is 5.14. The van der Waals surface area contributed by atoms with Gasteiger partial charge in [0.05, 0.1) is 5.56 Å². The van der Waals surface area contributed by atoms with Gasteiger partial charge in [-0.1, -0.05) is 0 Å². The Morgan fingerprint density at radius 1 is 0.952 bits per heavy atom. The van der Waals surface area contributed by atoms with E-state index in [9.17, 15) is 9.59 Å². The van der Waals surface area contributed by atoms with E-state index in [0.29, 0.717) is 5.69 Å². The van der Waals surface area contributed by atoms with Crippen molar-refractivity contribution >= 4 is 11.7 Å². The maximum absolute atomic E-state index is 11.9. The number of nitrogens with zero attached hydrogens (tertiary/aromatic N) is 2. The van der Waals surface area contributed by atoms with E-state index in [0.717, 1.165) is 18.8 Å². The van der Waals surface area contributed by atoms with Gasteiger partial charge in [-0.25, -0.2) is 4.79 Å². The van der Waals surface area contributed by atoms with E-state index in [1.165, 1.54) is 35.7 Å². The summed E-state index contributed by atoms with van der Waals surface area (Å²) in [6.07, 6.45) is 3.78. The van der Waals surface area contributed by atoms with E-state index in [4.69, 9.17) is 5.11 Å². The van der Waals surface area contributed by atoms with Gasteiger partial charge < -0.3 is 10.0 Å². The van der Waals surface area contributed by atoms with Crippen molar-refractivity contribution in [3.8, 4) is 5.69 Å². The van der Waals surface area contributed by atoms with Gasteiger partial charge in [0, 0.05) is 36.7 Å². The molecular formula is C16H16N2O3. The van der Waals surface area contributed by atoms with Crippen LogP contribution in [0.5, 0.6) is 0 Å². The molecule has 0 aliphatic carbocycles. The molecule has 3 rings (SSSR count). The van der Waals surface area contributed by atoms with Gasteiger partial charge in [-0.05, 0) is 43.2 Å². The minimum atomic E-state index is -1.04. The second kappa shape index (κ2) is 5.44. The monoisotopic (exact) mass is 284 g/mol. The number of rotatable bonds is 3. The van der Waals surface area contributed by atoms with Gasteiger partial charge in [0.25, 0.3) is 5.56 Å². The van der Waals surface area contributed by atoms with Crippen molar-refractivity contribution in [3.63, 3.8) is 0 Å². The van der Waals surface area contributed by atoms with Crippen LogP contribution in [-0.4, -0.2) is 28.7 Å². The van der Waals surface area contributed by atoms with Crippen molar-refractivity contribution in [2.45, 2.75) is 12.8 Å². The minimum absolute atomic E-state index is 0.0956. The molecular weight excluding hydrogens is 268 g/mol. The molecule has 1 N–H and O–H groups in total. The summed E-state index contributed by atoms with van der Waals surface area (Å²) in [4.78, 5) is 25.2. The molecule has 0 spiro atoms. The Kier molecular flexibility index (Phi) is 3.48. The SMILES string of the molecule is O=C(O)c1ccc(=O)n(-c2ccc(N3CCCC3)cc2)c1. The number of carboxylic acids is 1. The summed E-state index contributed by atoms with van der Waals surface area (Å²) in [5.74, 6) is -1.04. The molecule has 0 amide bonds. The Morgan fingerprint density at radius 3 is 2.19 bits per heavy atom. The zero-order chi connectivity index (χ0) is 14.8. The fourth-order valence-corrected chi connectivity index (χ4v) is 2.61. The predicted octanol–water partition coefficient (Wildman–Crippen LogP) is 2.14. The summed E-state index contributed by atoms with van der Waals surface area (Å²) in [6, 6.07) is 10.2. The van der Waals surface area contributed by atoms with Crippen LogP contribution in [-0.2, 0) is 0 Å². The Bertz CT molecular complexity index is 713. The lowest BCUT2D eigenvalue weighted by Crippen LogP contribution is -2.19. The van der Waals surface area contributed by atoms with Crippen LogP contribution in [0.15, 0.2) is 47.4 Å². The lowest BCUT2D eigenvalue weighted by molar-refractivity contribution is 0.0696. The summed E-state index contributed by atoms with van der Waals surface area (Å²) >= 11 is 0. The summed E-state index contributed by atoms with van der Waals surface area (Å²) < 4.78 is 1.36. The standard InChI is InChI=1S/C16H16N2O3/c19-15-8-3-12(16(20)21)11-18(15)14-6-4-13(5-7-14)17-9-1-2-10-17/h3-8,11H,1-2,9-10H2,(H,20,21). The Morgan fingerprint density at radius 2 is 1.57 bits per heavy atom. The topological polar surface area (TPSA) is 62.5 Å². The van der Waals surface area contributed by atoms with Gasteiger partial charge >= 0.3 is 5.97 Å². The van der Waals surface area contributed by atoms with Crippen LogP contribution in [0.2, 0.25) is 0 Å². The van der Waals surface area contributed by atoms with E-state index in [-0.39, 0.29) is 11.1 Å². The average molecular weight is 284 g/mol. The highest BCUT2D eigenvalue weighted by Crippen LogP contribution is 2.21. The Labute approximate surface area is 122 Å². The molecule has 1 aliphatic heterocycles. The lowest BCUT2D eigenvalue weighted by Gasteiger charge is -2.18. The number of aromatic carboxylic acids is 1. The Balaban J connectivity index is 1.95. The van der Waals surface area contributed by atoms with Crippen molar-refractivity contribution in [1.29, 1.82) is 0 Å². The molecule has 0 radical (unpaired) electrons. The van der Waals surface area contributed by atoms with Crippen LogP contribution in [0, 0.1) is 0 Å². The summed E-state index contributed by atoms with van der Waals surface area (Å²) in [5, 5.41) is 9.01. The molecule has 0 atom stereocenters. The molecule has 2 heterocycles. The molecule has 1 aliphatic rings. The maximum Gasteiger partial charge on any atom is 0.337 e. The summed E-state index contributed by atoms with van der Waals surface area (Å²) in [5.41, 5.74) is 1.66. The quantitative estimate of drug-likeness (QED) is 0.938. The number of anilines is 1. The first-order valence-corrected chi connectivity index (χ1v) is 6.96. The van der Waals surface area contributed by atoms with E-state index in [1.807, 2.05) is 24.3 Å².